The fourth-order valence-electron chi connectivity index (χ4n) is 1.97. The molecule has 0 radical (unpaired) electrons. The van der Waals surface area contributed by atoms with E-state index in [-0.39, 0.29) is 5.75 Å². The number of sulfonamides is 1. The largest absolute Gasteiger partial charge is 0.316 e. The van der Waals surface area contributed by atoms with Crippen LogP contribution in [-0.2, 0) is 28.9 Å². The first-order valence-corrected chi connectivity index (χ1v) is 8.28. The van der Waals surface area contributed by atoms with Gasteiger partial charge in [-0.15, -0.1) is 5.10 Å². The maximum Gasteiger partial charge on any atom is 0.215 e. The minimum Gasteiger partial charge on any atom is -0.316 e. The molecule has 0 aliphatic carbocycles. The van der Waals surface area contributed by atoms with E-state index in [2.05, 4.69) is 20.4 Å². The summed E-state index contributed by atoms with van der Waals surface area (Å²) in [6.07, 6.45) is 3.25. The molecular weight excluding hydrogens is 290 g/mol. The second-order valence-electron chi connectivity index (χ2n) is 4.67. The van der Waals surface area contributed by atoms with Crippen LogP contribution >= 0.6 is 0 Å². The smallest absolute Gasteiger partial charge is 0.215 e. The number of nitrogens with zero attached hydrogens (tertiary/aromatic N) is 3. The van der Waals surface area contributed by atoms with Gasteiger partial charge in [-0.25, -0.2) is 13.1 Å². The molecule has 0 atom stereocenters. The third-order valence-corrected chi connectivity index (χ3v) is 4.22. The number of aromatic nitrogens is 3. The van der Waals surface area contributed by atoms with Gasteiger partial charge in [-0.2, -0.15) is 0 Å². The van der Waals surface area contributed by atoms with Crippen molar-refractivity contribution in [3.63, 3.8) is 0 Å². The summed E-state index contributed by atoms with van der Waals surface area (Å²) in [6.45, 7) is 1.47. The third kappa shape index (κ3) is 5.25. The Hall–Kier alpha value is -1.77. The highest BCUT2D eigenvalue weighted by molar-refractivity contribution is 7.88. The molecule has 2 aromatic rings. The fraction of sp³-hybridized carbons (Fsp3) is 0.385. The Balaban J connectivity index is 1.89. The highest BCUT2D eigenvalue weighted by atomic mass is 32.2. The third-order valence-electron chi connectivity index (χ3n) is 2.86. The summed E-state index contributed by atoms with van der Waals surface area (Å²) in [5.41, 5.74) is 1.84. The van der Waals surface area contributed by atoms with Gasteiger partial charge in [-0.3, -0.25) is 4.68 Å². The Kier molecular flexibility index (Phi) is 5.43. The summed E-state index contributed by atoms with van der Waals surface area (Å²) in [7, 11) is -1.50. The van der Waals surface area contributed by atoms with E-state index in [0.29, 0.717) is 19.6 Å². The number of benzene rings is 1. The van der Waals surface area contributed by atoms with Crippen molar-refractivity contribution in [1.29, 1.82) is 0 Å². The average Bonchev–Trinajstić information content (AvgIpc) is 2.92. The molecule has 8 heteroatoms. The van der Waals surface area contributed by atoms with Crippen molar-refractivity contribution in [2.24, 2.45) is 0 Å². The molecule has 21 heavy (non-hydrogen) atoms. The molecule has 2 N–H and O–H groups in total. The highest BCUT2D eigenvalue weighted by Crippen LogP contribution is 2.08. The van der Waals surface area contributed by atoms with Gasteiger partial charge in [0.05, 0.1) is 18.5 Å². The monoisotopic (exact) mass is 309 g/mol. The Labute approximate surface area is 124 Å². The number of hydrogen-bond donors (Lipinski definition) is 2. The van der Waals surface area contributed by atoms with Crippen LogP contribution in [0.1, 0.15) is 11.1 Å². The minimum absolute atomic E-state index is 0.0259. The number of nitrogens with one attached hydrogen (secondary N) is 2. The van der Waals surface area contributed by atoms with Gasteiger partial charge in [0.1, 0.15) is 0 Å². The SMILES string of the molecule is CNCc1cccc(CS(=O)(=O)NCCn2ccnn2)c1. The second kappa shape index (κ2) is 7.30. The molecule has 0 aliphatic heterocycles. The van der Waals surface area contributed by atoms with Crippen molar-refractivity contribution in [3.8, 4) is 0 Å². The van der Waals surface area contributed by atoms with Crippen molar-refractivity contribution >= 4 is 10.0 Å². The zero-order chi connectivity index (χ0) is 15.1. The van der Waals surface area contributed by atoms with Crippen LogP contribution in [0.25, 0.3) is 0 Å². The molecular formula is C13H19N5O2S. The van der Waals surface area contributed by atoms with Crippen LogP contribution < -0.4 is 10.0 Å². The van der Waals surface area contributed by atoms with E-state index >= 15 is 0 Å². The maximum absolute atomic E-state index is 12.0. The minimum atomic E-state index is -3.35. The maximum atomic E-state index is 12.0. The summed E-state index contributed by atoms with van der Waals surface area (Å²) < 4.78 is 28.2. The molecule has 114 valence electrons. The Morgan fingerprint density at radius 3 is 2.81 bits per heavy atom. The summed E-state index contributed by atoms with van der Waals surface area (Å²) in [5, 5.41) is 10.5. The molecule has 0 saturated carbocycles. The molecule has 7 nitrogen and oxygen atoms in total. The van der Waals surface area contributed by atoms with Gasteiger partial charge in [0.25, 0.3) is 0 Å². The lowest BCUT2D eigenvalue weighted by molar-refractivity contribution is 0.552. The predicted molar refractivity (Wildman–Crippen MR) is 79.9 cm³/mol. The number of hydrogen-bond acceptors (Lipinski definition) is 5. The second-order valence-corrected chi connectivity index (χ2v) is 6.48. The van der Waals surface area contributed by atoms with Gasteiger partial charge in [0, 0.05) is 19.3 Å². The van der Waals surface area contributed by atoms with Gasteiger partial charge in [-0.05, 0) is 18.2 Å². The summed E-state index contributed by atoms with van der Waals surface area (Å²) in [6, 6.07) is 7.54. The molecule has 0 bridgehead atoms. The van der Waals surface area contributed by atoms with Crippen LogP contribution in [0.15, 0.2) is 36.7 Å². The van der Waals surface area contributed by atoms with Gasteiger partial charge in [0.15, 0.2) is 0 Å². The van der Waals surface area contributed by atoms with E-state index in [9.17, 15) is 8.42 Å². The van der Waals surface area contributed by atoms with Crippen LogP contribution in [-0.4, -0.2) is 37.0 Å². The van der Waals surface area contributed by atoms with Crippen LogP contribution in [0.2, 0.25) is 0 Å². The van der Waals surface area contributed by atoms with Crippen molar-refractivity contribution in [2.75, 3.05) is 13.6 Å². The first-order chi connectivity index (χ1) is 10.1. The predicted octanol–water partition coefficient (Wildman–Crippen LogP) is 0.117. The zero-order valence-corrected chi connectivity index (χ0v) is 12.7. The van der Waals surface area contributed by atoms with E-state index in [1.165, 1.54) is 0 Å². The highest BCUT2D eigenvalue weighted by Gasteiger charge is 2.11. The van der Waals surface area contributed by atoms with Crippen LogP contribution in [0, 0.1) is 0 Å². The summed E-state index contributed by atoms with van der Waals surface area (Å²) in [5.74, 6) is -0.0259. The topological polar surface area (TPSA) is 88.9 Å². The van der Waals surface area contributed by atoms with Crippen molar-refractivity contribution in [3.05, 3.63) is 47.8 Å². The van der Waals surface area contributed by atoms with Crippen LogP contribution in [0.4, 0.5) is 0 Å². The van der Waals surface area contributed by atoms with E-state index in [1.54, 1.807) is 17.1 Å². The van der Waals surface area contributed by atoms with Gasteiger partial charge in [-0.1, -0.05) is 29.5 Å². The van der Waals surface area contributed by atoms with Gasteiger partial charge in [0.2, 0.25) is 10.0 Å². The molecule has 0 fully saturated rings. The number of rotatable bonds is 8. The fourth-order valence-corrected chi connectivity index (χ4v) is 3.09. The molecule has 0 spiro atoms. The molecule has 0 unspecified atom stereocenters. The Bertz CT molecular complexity index is 655. The quantitative estimate of drug-likeness (QED) is 0.723. The van der Waals surface area contributed by atoms with E-state index < -0.39 is 10.0 Å². The van der Waals surface area contributed by atoms with E-state index in [0.717, 1.165) is 11.1 Å². The van der Waals surface area contributed by atoms with E-state index in [4.69, 9.17) is 0 Å². The molecule has 0 aliphatic rings. The van der Waals surface area contributed by atoms with Crippen molar-refractivity contribution in [1.82, 2.24) is 25.0 Å². The van der Waals surface area contributed by atoms with Crippen molar-refractivity contribution < 1.29 is 8.42 Å². The summed E-state index contributed by atoms with van der Waals surface area (Å²) in [4.78, 5) is 0. The Morgan fingerprint density at radius 1 is 1.29 bits per heavy atom. The normalized spacial score (nSPS) is 11.7. The lowest BCUT2D eigenvalue weighted by atomic mass is 10.1. The van der Waals surface area contributed by atoms with Crippen LogP contribution in [0.5, 0.6) is 0 Å². The lowest BCUT2D eigenvalue weighted by Crippen LogP contribution is -2.28. The molecule has 0 amide bonds. The van der Waals surface area contributed by atoms with Gasteiger partial charge >= 0.3 is 0 Å². The lowest BCUT2D eigenvalue weighted by Gasteiger charge is -2.08. The van der Waals surface area contributed by atoms with Crippen LogP contribution in [0.3, 0.4) is 0 Å². The van der Waals surface area contributed by atoms with Crippen molar-refractivity contribution in [2.45, 2.75) is 18.8 Å². The van der Waals surface area contributed by atoms with E-state index in [1.807, 2.05) is 31.3 Å². The standard InChI is InChI=1S/C13H19N5O2S/c1-14-10-12-3-2-4-13(9-12)11-21(19,20)16-6-8-18-7-5-15-17-18/h2-5,7,9,14,16H,6,8,10-11H2,1H3. The molecule has 1 aromatic carbocycles. The first-order valence-electron chi connectivity index (χ1n) is 6.63. The molecule has 0 saturated heterocycles. The summed E-state index contributed by atoms with van der Waals surface area (Å²) >= 11 is 0. The van der Waals surface area contributed by atoms with Gasteiger partial charge < -0.3 is 5.32 Å². The zero-order valence-electron chi connectivity index (χ0n) is 11.9. The average molecular weight is 309 g/mol. The molecule has 1 aromatic heterocycles. The molecule has 2 rings (SSSR count). The first kappa shape index (κ1) is 15.6. The Morgan fingerprint density at radius 2 is 2.10 bits per heavy atom. The molecule has 1 heterocycles.